The van der Waals surface area contributed by atoms with E-state index in [4.69, 9.17) is 0 Å². The molecule has 0 aliphatic heterocycles. The van der Waals surface area contributed by atoms with Crippen molar-refractivity contribution in [2.24, 2.45) is 5.92 Å². The van der Waals surface area contributed by atoms with Gasteiger partial charge in [0.05, 0.1) is 11.2 Å². The summed E-state index contributed by atoms with van der Waals surface area (Å²) in [5.41, 5.74) is 3.16. The van der Waals surface area contributed by atoms with Gasteiger partial charge in [0.1, 0.15) is 0 Å². The van der Waals surface area contributed by atoms with Crippen LogP contribution in [0.5, 0.6) is 0 Å². The van der Waals surface area contributed by atoms with E-state index in [2.05, 4.69) is 33.2 Å². The van der Waals surface area contributed by atoms with Gasteiger partial charge in [-0.1, -0.05) is 29.3 Å². The molecule has 0 aliphatic carbocycles. The minimum atomic E-state index is 0.761. The Morgan fingerprint density at radius 1 is 1.67 bits per heavy atom. The Balaban J connectivity index is 2.37. The number of nitrogens with zero attached hydrogens (tertiary/aromatic N) is 1. The molecule has 3 heteroatoms. The third-order valence-corrected chi connectivity index (χ3v) is 3.45. The Labute approximate surface area is 86.3 Å². The van der Waals surface area contributed by atoms with Crippen LogP contribution in [0.2, 0.25) is 0 Å². The third-order valence-electron chi connectivity index (χ3n) is 1.90. The summed E-state index contributed by atoms with van der Waals surface area (Å²) >= 11 is 5.22. The molecule has 1 aromatic rings. The molecule has 1 aromatic heterocycles. The van der Waals surface area contributed by atoms with Crippen LogP contribution in [-0.4, -0.2) is 10.3 Å². The molecule has 0 spiro atoms. The summed E-state index contributed by atoms with van der Waals surface area (Å²) < 4.78 is 0. The first kappa shape index (κ1) is 10.2. The fourth-order valence-corrected chi connectivity index (χ4v) is 2.40. The van der Waals surface area contributed by atoms with Gasteiger partial charge in [-0.3, -0.25) is 0 Å². The van der Waals surface area contributed by atoms with Crippen molar-refractivity contribution in [3.05, 3.63) is 16.6 Å². The molecule has 0 aliphatic rings. The highest BCUT2D eigenvalue weighted by molar-refractivity contribution is 9.09. The van der Waals surface area contributed by atoms with Crippen LogP contribution in [0.1, 0.15) is 25.5 Å². The van der Waals surface area contributed by atoms with E-state index < -0.39 is 0 Å². The van der Waals surface area contributed by atoms with Gasteiger partial charge in [-0.15, -0.1) is 11.3 Å². The molecule has 68 valence electrons. The van der Waals surface area contributed by atoms with Gasteiger partial charge in [0.25, 0.3) is 0 Å². The smallest absolute Gasteiger partial charge is 0.0794 e. The van der Waals surface area contributed by atoms with E-state index in [1.165, 1.54) is 18.5 Å². The molecule has 1 atom stereocenters. The zero-order valence-corrected chi connectivity index (χ0v) is 9.70. The summed E-state index contributed by atoms with van der Waals surface area (Å²) in [5, 5.41) is 3.24. The van der Waals surface area contributed by atoms with Crippen molar-refractivity contribution in [3.63, 3.8) is 0 Å². The fourth-order valence-electron chi connectivity index (χ4n) is 1.28. The SMILES string of the molecule is CCCC(CBr)Cc1cscn1. The molecule has 0 saturated heterocycles. The highest BCUT2D eigenvalue weighted by atomic mass is 79.9. The van der Waals surface area contributed by atoms with Crippen molar-refractivity contribution < 1.29 is 0 Å². The second-order valence-electron chi connectivity index (χ2n) is 2.99. The summed E-state index contributed by atoms with van der Waals surface area (Å²) in [6.45, 7) is 2.23. The molecule has 0 fully saturated rings. The van der Waals surface area contributed by atoms with Crippen molar-refractivity contribution >= 4 is 27.3 Å². The number of hydrogen-bond acceptors (Lipinski definition) is 2. The predicted molar refractivity (Wildman–Crippen MR) is 58.0 cm³/mol. The number of hydrogen-bond donors (Lipinski definition) is 0. The first-order valence-corrected chi connectivity index (χ1v) is 6.36. The molecule has 0 N–H and O–H groups in total. The zero-order chi connectivity index (χ0) is 8.81. The predicted octanol–water partition coefficient (Wildman–Crippen LogP) is 3.50. The average molecular weight is 248 g/mol. The zero-order valence-electron chi connectivity index (χ0n) is 7.29. The van der Waals surface area contributed by atoms with Crippen LogP contribution < -0.4 is 0 Å². The average Bonchev–Trinajstić information content (AvgIpc) is 2.56. The van der Waals surface area contributed by atoms with Gasteiger partial charge in [0.15, 0.2) is 0 Å². The van der Waals surface area contributed by atoms with E-state index in [9.17, 15) is 0 Å². The summed E-state index contributed by atoms with van der Waals surface area (Å²) in [6.07, 6.45) is 3.69. The maximum Gasteiger partial charge on any atom is 0.0794 e. The van der Waals surface area contributed by atoms with E-state index in [1.807, 2.05) is 5.51 Å². The lowest BCUT2D eigenvalue weighted by Gasteiger charge is -2.09. The summed E-state index contributed by atoms with van der Waals surface area (Å²) in [4.78, 5) is 4.28. The fraction of sp³-hybridized carbons (Fsp3) is 0.667. The number of aromatic nitrogens is 1. The molecule has 0 saturated carbocycles. The monoisotopic (exact) mass is 247 g/mol. The number of rotatable bonds is 5. The summed E-state index contributed by atoms with van der Waals surface area (Å²) in [6, 6.07) is 0. The van der Waals surface area contributed by atoms with E-state index in [1.54, 1.807) is 11.3 Å². The van der Waals surface area contributed by atoms with Gasteiger partial charge >= 0.3 is 0 Å². The van der Waals surface area contributed by atoms with Crippen molar-refractivity contribution in [2.75, 3.05) is 5.33 Å². The van der Waals surface area contributed by atoms with E-state index >= 15 is 0 Å². The van der Waals surface area contributed by atoms with Crippen LogP contribution in [0.15, 0.2) is 10.9 Å². The highest BCUT2D eigenvalue weighted by Crippen LogP contribution is 2.16. The summed E-state index contributed by atoms with van der Waals surface area (Å²) in [7, 11) is 0. The van der Waals surface area contributed by atoms with Crippen LogP contribution in [-0.2, 0) is 6.42 Å². The van der Waals surface area contributed by atoms with Crippen LogP contribution in [0.4, 0.5) is 0 Å². The van der Waals surface area contributed by atoms with Crippen LogP contribution in [0, 0.1) is 5.92 Å². The quantitative estimate of drug-likeness (QED) is 0.727. The minimum Gasteiger partial charge on any atom is -0.250 e. The number of thiazole rings is 1. The number of halogens is 1. The first-order valence-electron chi connectivity index (χ1n) is 4.29. The third kappa shape index (κ3) is 3.23. The molecule has 12 heavy (non-hydrogen) atoms. The van der Waals surface area contributed by atoms with Crippen LogP contribution in [0.3, 0.4) is 0 Å². The summed E-state index contributed by atoms with van der Waals surface area (Å²) in [5.74, 6) is 0.761. The maximum atomic E-state index is 4.28. The minimum absolute atomic E-state index is 0.761. The Bertz CT molecular complexity index is 198. The van der Waals surface area contributed by atoms with Crippen molar-refractivity contribution in [1.29, 1.82) is 0 Å². The van der Waals surface area contributed by atoms with Crippen molar-refractivity contribution in [1.82, 2.24) is 4.98 Å². The van der Waals surface area contributed by atoms with E-state index in [0.717, 1.165) is 17.7 Å². The molecular formula is C9H14BrNS. The van der Waals surface area contributed by atoms with Gasteiger partial charge < -0.3 is 0 Å². The molecule has 0 bridgehead atoms. The Hall–Kier alpha value is 0.110. The lowest BCUT2D eigenvalue weighted by atomic mass is 10.0. The normalized spacial score (nSPS) is 13.2. The van der Waals surface area contributed by atoms with Crippen LogP contribution >= 0.6 is 27.3 Å². The van der Waals surface area contributed by atoms with Gasteiger partial charge in [-0.05, 0) is 18.8 Å². The molecule has 0 radical (unpaired) electrons. The molecular weight excluding hydrogens is 234 g/mol. The number of alkyl halides is 1. The van der Waals surface area contributed by atoms with E-state index in [-0.39, 0.29) is 0 Å². The standard InChI is InChI=1S/C9H14BrNS/c1-2-3-8(5-10)4-9-6-12-7-11-9/h6-8H,2-5H2,1H3. The van der Waals surface area contributed by atoms with E-state index in [0.29, 0.717) is 0 Å². The van der Waals surface area contributed by atoms with Gasteiger partial charge in [0.2, 0.25) is 0 Å². The maximum absolute atomic E-state index is 4.28. The lowest BCUT2D eigenvalue weighted by Crippen LogP contribution is -2.05. The molecule has 0 aromatic carbocycles. The van der Waals surface area contributed by atoms with Crippen molar-refractivity contribution in [2.45, 2.75) is 26.2 Å². The molecule has 1 nitrogen and oxygen atoms in total. The van der Waals surface area contributed by atoms with Gasteiger partial charge in [0, 0.05) is 10.7 Å². The largest absolute Gasteiger partial charge is 0.250 e. The highest BCUT2D eigenvalue weighted by Gasteiger charge is 2.07. The second-order valence-corrected chi connectivity index (χ2v) is 4.36. The topological polar surface area (TPSA) is 12.9 Å². The Kier molecular flexibility index (Phi) is 4.84. The molecule has 1 unspecified atom stereocenters. The molecule has 1 heterocycles. The van der Waals surface area contributed by atoms with Crippen molar-refractivity contribution in [3.8, 4) is 0 Å². The lowest BCUT2D eigenvalue weighted by molar-refractivity contribution is 0.529. The second kappa shape index (κ2) is 5.70. The van der Waals surface area contributed by atoms with Crippen LogP contribution in [0.25, 0.3) is 0 Å². The Morgan fingerprint density at radius 3 is 3.00 bits per heavy atom. The first-order chi connectivity index (χ1) is 5.86. The molecule has 0 amide bonds. The molecule has 1 rings (SSSR count). The van der Waals surface area contributed by atoms with Gasteiger partial charge in [-0.2, -0.15) is 0 Å². The Morgan fingerprint density at radius 2 is 2.50 bits per heavy atom. The van der Waals surface area contributed by atoms with Gasteiger partial charge in [-0.25, -0.2) is 4.98 Å².